The van der Waals surface area contributed by atoms with E-state index >= 15 is 0 Å². The zero-order valence-corrected chi connectivity index (χ0v) is 4.74. The standard InChI is InChI=1S/C6H6N2O.Na.H/c7-6(9)5-2-1-3-8-4-5;;/h1-4H,(H2,7,9);;. The number of pyridine rings is 1. The van der Waals surface area contributed by atoms with Gasteiger partial charge in [0, 0.05) is 12.4 Å². The number of rotatable bonds is 1. The number of carbonyl (C=O) groups is 1. The molecule has 48 valence electrons. The van der Waals surface area contributed by atoms with Gasteiger partial charge in [-0.25, -0.2) is 0 Å². The van der Waals surface area contributed by atoms with Crippen LogP contribution in [0.5, 0.6) is 0 Å². The third-order valence-corrected chi connectivity index (χ3v) is 0.946. The first-order valence-corrected chi connectivity index (χ1v) is 2.50. The zero-order chi connectivity index (χ0) is 6.69. The molecule has 0 atom stereocenters. The predicted molar refractivity (Wildman–Crippen MR) is 39.9 cm³/mol. The van der Waals surface area contributed by atoms with E-state index in [0.29, 0.717) is 5.56 Å². The van der Waals surface area contributed by atoms with Crippen molar-refractivity contribution in [1.29, 1.82) is 0 Å². The van der Waals surface area contributed by atoms with E-state index in [4.69, 9.17) is 5.73 Å². The molecule has 0 aliphatic rings. The van der Waals surface area contributed by atoms with Gasteiger partial charge in [-0.15, -0.1) is 0 Å². The Morgan fingerprint density at radius 3 is 2.60 bits per heavy atom. The summed E-state index contributed by atoms with van der Waals surface area (Å²) in [5, 5.41) is 0. The number of hydrogen-bond donors (Lipinski definition) is 1. The second kappa shape index (κ2) is 4.44. The van der Waals surface area contributed by atoms with Crippen LogP contribution in [-0.4, -0.2) is 40.4 Å². The fourth-order valence-corrected chi connectivity index (χ4v) is 0.509. The van der Waals surface area contributed by atoms with Gasteiger partial charge in [0.25, 0.3) is 0 Å². The average Bonchev–Trinajstić information content (AvgIpc) is 1.90. The molecule has 1 aromatic rings. The molecule has 0 saturated carbocycles. The van der Waals surface area contributed by atoms with Crippen molar-refractivity contribution in [2.24, 2.45) is 5.73 Å². The van der Waals surface area contributed by atoms with Crippen molar-refractivity contribution < 1.29 is 4.79 Å². The van der Waals surface area contributed by atoms with Crippen molar-refractivity contribution in [2.45, 2.75) is 0 Å². The fourth-order valence-electron chi connectivity index (χ4n) is 0.509. The van der Waals surface area contributed by atoms with E-state index in [1.165, 1.54) is 6.20 Å². The molecule has 0 aliphatic carbocycles. The number of hydrogen-bond acceptors (Lipinski definition) is 2. The van der Waals surface area contributed by atoms with Gasteiger partial charge in [0.15, 0.2) is 0 Å². The van der Waals surface area contributed by atoms with E-state index in [0.717, 1.165) is 0 Å². The van der Waals surface area contributed by atoms with Crippen molar-refractivity contribution in [3.8, 4) is 0 Å². The first-order chi connectivity index (χ1) is 4.30. The summed E-state index contributed by atoms with van der Waals surface area (Å²) in [7, 11) is 0. The third kappa shape index (κ3) is 2.47. The molecule has 0 radical (unpaired) electrons. The molecule has 0 fully saturated rings. The molecule has 0 aliphatic heterocycles. The van der Waals surface area contributed by atoms with Gasteiger partial charge in [-0.3, -0.25) is 9.78 Å². The van der Waals surface area contributed by atoms with Crippen molar-refractivity contribution in [2.75, 3.05) is 0 Å². The Bertz CT molecular complexity index is 212. The molecule has 1 amide bonds. The first kappa shape index (κ1) is 9.62. The van der Waals surface area contributed by atoms with E-state index in [2.05, 4.69) is 4.98 Å². The summed E-state index contributed by atoms with van der Waals surface area (Å²) in [6, 6.07) is 3.29. The zero-order valence-electron chi connectivity index (χ0n) is 4.74. The van der Waals surface area contributed by atoms with Crippen LogP contribution < -0.4 is 5.73 Å². The molecule has 0 unspecified atom stereocenters. The Labute approximate surface area is 80.9 Å². The van der Waals surface area contributed by atoms with Crippen LogP contribution in [0.25, 0.3) is 0 Å². The van der Waals surface area contributed by atoms with E-state index in [1.54, 1.807) is 18.3 Å². The van der Waals surface area contributed by atoms with E-state index in [9.17, 15) is 4.79 Å². The van der Waals surface area contributed by atoms with Gasteiger partial charge in [-0.05, 0) is 12.1 Å². The number of carbonyl (C=O) groups excluding carboxylic acids is 1. The summed E-state index contributed by atoms with van der Waals surface area (Å²) in [6.07, 6.45) is 3.02. The molecular weight excluding hydrogens is 139 g/mol. The Hall–Kier alpha value is -0.380. The molecular formula is C6H7N2NaO. The normalized spacial score (nSPS) is 8.00. The summed E-state index contributed by atoms with van der Waals surface area (Å²) < 4.78 is 0. The quantitative estimate of drug-likeness (QED) is 0.544. The molecule has 1 heterocycles. The van der Waals surface area contributed by atoms with Crippen molar-refractivity contribution in [1.82, 2.24) is 4.98 Å². The van der Waals surface area contributed by atoms with Gasteiger partial charge in [-0.2, -0.15) is 0 Å². The molecule has 1 rings (SSSR count). The van der Waals surface area contributed by atoms with E-state index in [1.807, 2.05) is 0 Å². The number of nitrogens with two attached hydrogens (primary N) is 1. The molecule has 0 aromatic carbocycles. The van der Waals surface area contributed by atoms with Crippen LogP contribution in [0.15, 0.2) is 24.5 Å². The molecule has 3 nitrogen and oxygen atoms in total. The summed E-state index contributed by atoms with van der Waals surface area (Å²) in [5.41, 5.74) is 5.38. The summed E-state index contributed by atoms with van der Waals surface area (Å²) in [6.45, 7) is 0. The fraction of sp³-hybridized carbons (Fsp3) is 0. The summed E-state index contributed by atoms with van der Waals surface area (Å²) in [5.74, 6) is -0.442. The van der Waals surface area contributed by atoms with Crippen LogP contribution >= 0.6 is 0 Å². The SMILES string of the molecule is NC(=O)c1cccnc1.[NaH]. The molecule has 2 N–H and O–H groups in total. The number of amides is 1. The number of aromatic nitrogens is 1. The third-order valence-electron chi connectivity index (χ3n) is 0.946. The van der Waals surface area contributed by atoms with Gasteiger partial charge in [0.2, 0.25) is 5.91 Å². The second-order valence-corrected chi connectivity index (χ2v) is 1.61. The Balaban J connectivity index is 0.000000810. The summed E-state index contributed by atoms with van der Waals surface area (Å²) in [4.78, 5) is 14.1. The second-order valence-electron chi connectivity index (χ2n) is 1.61. The van der Waals surface area contributed by atoms with Crippen molar-refractivity contribution in [3.63, 3.8) is 0 Å². The van der Waals surface area contributed by atoms with Gasteiger partial charge >= 0.3 is 29.6 Å². The van der Waals surface area contributed by atoms with Crippen LogP contribution in [0, 0.1) is 0 Å². The van der Waals surface area contributed by atoms with Gasteiger partial charge in [0.1, 0.15) is 0 Å². The monoisotopic (exact) mass is 146 g/mol. The van der Waals surface area contributed by atoms with Crippen LogP contribution in [-0.2, 0) is 0 Å². The maximum atomic E-state index is 10.4. The Morgan fingerprint density at radius 1 is 1.60 bits per heavy atom. The number of nitrogens with zero attached hydrogens (tertiary/aromatic N) is 1. The molecule has 0 spiro atoms. The van der Waals surface area contributed by atoms with E-state index < -0.39 is 5.91 Å². The van der Waals surface area contributed by atoms with Crippen LogP contribution in [0.4, 0.5) is 0 Å². The molecule has 0 bridgehead atoms. The van der Waals surface area contributed by atoms with Gasteiger partial charge in [-0.1, -0.05) is 0 Å². The van der Waals surface area contributed by atoms with Crippen molar-refractivity contribution in [3.05, 3.63) is 30.1 Å². The minimum atomic E-state index is -0.442. The molecule has 4 heteroatoms. The molecule has 1 aromatic heterocycles. The minimum absolute atomic E-state index is 0. The van der Waals surface area contributed by atoms with Crippen LogP contribution in [0.1, 0.15) is 10.4 Å². The topological polar surface area (TPSA) is 56.0 Å². The maximum absolute atomic E-state index is 10.4. The Kier molecular flexibility index (Phi) is 4.27. The van der Waals surface area contributed by atoms with Gasteiger partial charge < -0.3 is 5.73 Å². The van der Waals surface area contributed by atoms with Crippen LogP contribution in [0.3, 0.4) is 0 Å². The molecule has 10 heavy (non-hydrogen) atoms. The predicted octanol–water partition coefficient (Wildman–Crippen LogP) is -0.468. The first-order valence-electron chi connectivity index (χ1n) is 2.50. The van der Waals surface area contributed by atoms with Crippen molar-refractivity contribution >= 4 is 35.5 Å². The Morgan fingerprint density at radius 2 is 2.30 bits per heavy atom. The van der Waals surface area contributed by atoms with Gasteiger partial charge in [0.05, 0.1) is 5.56 Å². The van der Waals surface area contributed by atoms with E-state index in [-0.39, 0.29) is 29.6 Å². The van der Waals surface area contributed by atoms with Crippen LogP contribution in [0.2, 0.25) is 0 Å². The molecule has 0 saturated heterocycles. The average molecular weight is 146 g/mol. The number of primary amides is 1. The summed E-state index contributed by atoms with van der Waals surface area (Å²) >= 11 is 0.